The SMILES string of the molecule is CCN(CC)C(=O)C/C=C(\C)c1ccc2oc(-c3ccc(C#N)cc3)c(/C(O)=C(\C#N)C(C)=O)c2c1. The number of benzene rings is 2. The predicted octanol–water partition coefficient (Wildman–Crippen LogP) is 6.01. The first-order chi connectivity index (χ1) is 17.2. The summed E-state index contributed by atoms with van der Waals surface area (Å²) in [7, 11) is 0. The van der Waals surface area contributed by atoms with Crippen LogP contribution in [0.3, 0.4) is 0 Å². The van der Waals surface area contributed by atoms with Gasteiger partial charge in [0.1, 0.15) is 28.7 Å². The van der Waals surface area contributed by atoms with Crippen molar-refractivity contribution in [3.8, 4) is 23.5 Å². The molecule has 0 aliphatic carbocycles. The Morgan fingerprint density at radius 3 is 2.28 bits per heavy atom. The van der Waals surface area contributed by atoms with Gasteiger partial charge in [0.25, 0.3) is 0 Å². The van der Waals surface area contributed by atoms with E-state index in [1.807, 2.05) is 32.9 Å². The van der Waals surface area contributed by atoms with E-state index >= 15 is 0 Å². The van der Waals surface area contributed by atoms with Crippen molar-refractivity contribution >= 4 is 34.0 Å². The average molecular weight is 482 g/mol. The van der Waals surface area contributed by atoms with E-state index in [4.69, 9.17) is 9.68 Å². The molecule has 0 bridgehead atoms. The van der Waals surface area contributed by atoms with Crippen molar-refractivity contribution < 1.29 is 19.1 Å². The molecule has 182 valence electrons. The number of allylic oxidation sites excluding steroid dienone is 2. The van der Waals surface area contributed by atoms with Crippen LogP contribution >= 0.6 is 0 Å². The third-order valence-electron chi connectivity index (χ3n) is 6.06. The number of aliphatic hydroxyl groups excluding tert-OH is 1. The van der Waals surface area contributed by atoms with Crippen LogP contribution in [0.2, 0.25) is 0 Å². The summed E-state index contributed by atoms with van der Waals surface area (Å²) in [5.74, 6) is -0.736. The topological polar surface area (TPSA) is 118 Å². The maximum Gasteiger partial charge on any atom is 0.226 e. The van der Waals surface area contributed by atoms with Crippen molar-refractivity contribution in [2.24, 2.45) is 0 Å². The van der Waals surface area contributed by atoms with Gasteiger partial charge in [-0.15, -0.1) is 0 Å². The lowest BCUT2D eigenvalue weighted by Gasteiger charge is -2.17. The number of hydrogen-bond donors (Lipinski definition) is 1. The highest BCUT2D eigenvalue weighted by atomic mass is 16.3. The Balaban J connectivity index is 2.19. The Morgan fingerprint density at radius 2 is 1.72 bits per heavy atom. The number of rotatable bonds is 8. The fourth-order valence-electron chi connectivity index (χ4n) is 3.96. The molecule has 0 fully saturated rings. The van der Waals surface area contributed by atoms with E-state index in [2.05, 4.69) is 6.07 Å². The van der Waals surface area contributed by atoms with E-state index in [9.17, 15) is 20.0 Å². The van der Waals surface area contributed by atoms with Gasteiger partial charge in [-0.25, -0.2) is 0 Å². The molecule has 0 unspecified atom stereocenters. The number of nitrogens with zero attached hydrogens (tertiary/aromatic N) is 3. The second kappa shape index (κ2) is 11.2. The van der Waals surface area contributed by atoms with Crippen molar-refractivity contribution in [2.75, 3.05) is 13.1 Å². The summed E-state index contributed by atoms with van der Waals surface area (Å²) in [5.41, 5.74) is 2.99. The van der Waals surface area contributed by atoms with Crippen LogP contribution in [0.4, 0.5) is 0 Å². The molecule has 0 saturated heterocycles. The van der Waals surface area contributed by atoms with Gasteiger partial charge < -0.3 is 14.4 Å². The number of carbonyl (C=O) groups excluding carboxylic acids is 2. The Kier molecular flexibility index (Phi) is 8.09. The molecule has 7 heteroatoms. The molecule has 36 heavy (non-hydrogen) atoms. The number of fused-ring (bicyclic) bond motifs is 1. The second-order valence-corrected chi connectivity index (χ2v) is 8.26. The molecule has 0 atom stereocenters. The summed E-state index contributed by atoms with van der Waals surface area (Å²) in [6.45, 7) is 8.28. The van der Waals surface area contributed by atoms with Crippen LogP contribution in [0, 0.1) is 22.7 Å². The van der Waals surface area contributed by atoms with Crippen LogP contribution in [0.15, 0.2) is 58.5 Å². The molecule has 0 radical (unpaired) electrons. The molecular formula is C29H27N3O4. The van der Waals surface area contributed by atoms with Gasteiger partial charge in [0.2, 0.25) is 5.91 Å². The van der Waals surface area contributed by atoms with Crippen LogP contribution in [0.25, 0.3) is 33.6 Å². The van der Waals surface area contributed by atoms with Crippen LogP contribution in [-0.4, -0.2) is 34.8 Å². The van der Waals surface area contributed by atoms with Gasteiger partial charge >= 0.3 is 0 Å². The number of aliphatic hydroxyl groups is 1. The normalized spacial score (nSPS) is 12.0. The molecule has 1 aromatic heterocycles. The second-order valence-electron chi connectivity index (χ2n) is 8.26. The molecule has 0 spiro atoms. The lowest BCUT2D eigenvalue weighted by Crippen LogP contribution is -2.29. The molecule has 0 aliphatic heterocycles. The van der Waals surface area contributed by atoms with E-state index in [-0.39, 0.29) is 29.2 Å². The van der Waals surface area contributed by atoms with Gasteiger partial charge in [-0.2, -0.15) is 10.5 Å². The van der Waals surface area contributed by atoms with Gasteiger partial charge in [-0.3, -0.25) is 9.59 Å². The summed E-state index contributed by atoms with van der Waals surface area (Å²) in [5, 5.41) is 30.2. The quantitative estimate of drug-likeness (QED) is 0.239. The third kappa shape index (κ3) is 5.21. The Morgan fingerprint density at radius 1 is 1.06 bits per heavy atom. The fourth-order valence-corrected chi connectivity index (χ4v) is 3.96. The molecule has 0 aliphatic rings. The zero-order valence-corrected chi connectivity index (χ0v) is 20.8. The van der Waals surface area contributed by atoms with E-state index in [0.29, 0.717) is 35.2 Å². The maximum absolute atomic E-state index is 12.4. The molecule has 7 nitrogen and oxygen atoms in total. The number of furan rings is 1. The smallest absolute Gasteiger partial charge is 0.226 e. The number of ketones is 1. The van der Waals surface area contributed by atoms with Gasteiger partial charge in [0.05, 0.1) is 17.2 Å². The number of Topliss-reactive ketones (excluding diaryl/α,β-unsaturated/α-hetero) is 1. The minimum absolute atomic E-state index is 0.0354. The fraction of sp³-hybridized carbons (Fsp3) is 0.241. The Bertz CT molecular complexity index is 1460. The highest BCUT2D eigenvalue weighted by Crippen LogP contribution is 2.39. The van der Waals surface area contributed by atoms with Crippen molar-refractivity contribution in [3.05, 3.63) is 70.8 Å². The standard InChI is InChI=1S/C29H27N3O4/c1-5-32(6-2)26(34)14-7-18(3)22-12-13-25-23(15-22)27(28(35)24(17-31)19(4)33)29(36-25)21-10-8-20(16-30)9-11-21/h7-13,15,35H,5-6,14H2,1-4H3/b18-7+,28-24-. The van der Waals surface area contributed by atoms with Crippen molar-refractivity contribution in [3.63, 3.8) is 0 Å². The van der Waals surface area contributed by atoms with Gasteiger partial charge in [0.15, 0.2) is 5.78 Å². The molecule has 3 rings (SSSR count). The van der Waals surface area contributed by atoms with E-state index in [1.54, 1.807) is 47.4 Å². The zero-order valence-electron chi connectivity index (χ0n) is 20.8. The largest absolute Gasteiger partial charge is 0.506 e. The maximum atomic E-state index is 12.4. The first kappa shape index (κ1) is 26.0. The van der Waals surface area contributed by atoms with E-state index in [1.165, 1.54) is 6.92 Å². The highest BCUT2D eigenvalue weighted by Gasteiger charge is 2.24. The molecule has 2 aromatic carbocycles. The summed E-state index contributed by atoms with van der Waals surface area (Å²) >= 11 is 0. The molecule has 1 amide bonds. The van der Waals surface area contributed by atoms with Crippen LogP contribution in [0.1, 0.15) is 50.8 Å². The highest BCUT2D eigenvalue weighted by molar-refractivity contribution is 6.08. The number of amides is 1. The van der Waals surface area contributed by atoms with Crippen LogP contribution < -0.4 is 0 Å². The minimum Gasteiger partial charge on any atom is -0.506 e. The minimum atomic E-state index is -0.572. The van der Waals surface area contributed by atoms with Gasteiger partial charge in [-0.1, -0.05) is 12.1 Å². The monoisotopic (exact) mass is 481 g/mol. The van der Waals surface area contributed by atoms with Crippen LogP contribution in [-0.2, 0) is 9.59 Å². The van der Waals surface area contributed by atoms with Crippen LogP contribution in [0.5, 0.6) is 0 Å². The number of hydrogen-bond acceptors (Lipinski definition) is 6. The average Bonchev–Trinajstić information content (AvgIpc) is 3.27. The molecule has 1 heterocycles. The van der Waals surface area contributed by atoms with Crippen molar-refractivity contribution in [2.45, 2.75) is 34.1 Å². The Labute approximate surface area is 210 Å². The number of carbonyl (C=O) groups is 2. The van der Waals surface area contributed by atoms with Crippen molar-refractivity contribution in [1.29, 1.82) is 10.5 Å². The van der Waals surface area contributed by atoms with E-state index < -0.39 is 11.5 Å². The molecule has 3 aromatic rings. The predicted molar refractivity (Wildman–Crippen MR) is 138 cm³/mol. The summed E-state index contributed by atoms with van der Waals surface area (Å²) in [6.07, 6.45) is 2.11. The number of nitriles is 2. The lowest BCUT2D eigenvalue weighted by molar-refractivity contribution is -0.129. The first-order valence-electron chi connectivity index (χ1n) is 11.6. The van der Waals surface area contributed by atoms with Crippen molar-refractivity contribution in [1.82, 2.24) is 4.90 Å². The summed E-state index contributed by atoms with van der Waals surface area (Å²) in [6, 6.07) is 15.8. The third-order valence-corrected chi connectivity index (χ3v) is 6.06. The molecular weight excluding hydrogens is 454 g/mol. The van der Waals surface area contributed by atoms with Gasteiger partial charge in [-0.05, 0) is 68.3 Å². The lowest BCUT2D eigenvalue weighted by atomic mass is 9.97. The molecule has 0 saturated carbocycles. The summed E-state index contributed by atoms with van der Waals surface area (Å²) < 4.78 is 6.07. The first-order valence-corrected chi connectivity index (χ1v) is 11.6. The summed E-state index contributed by atoms with van der Waals surface area (Å²) in [4.78, 5) is 26.2. The van der Waals surface area contributed by atoms with E-state index in [0.717, 1.165) is 11.1 Å². The zero-order chi connectivity index (χ0) is 26.4. The van der Waals surface area contributed by atoms with Gasteiger partial charge in [0, 0.05) is 37.4 Å². The molecule has 1 N–H and O–H groups in total. The Hall–Kier alpha value is -4.62.